The SMILES string of the molecule is [B]c1ccccc1-n1c2ccccc2c2cc(-c3ccccc3)ccc21. The molecule has 0 fully saturated rings. The number of hydrogen-bond acceptors (Lipinski definition) is 0. The van der Waals surface area contributed by atoms with Crippen molar-refractivity contribution in [2.75, 3.05) is 0 Å². The molecule has 0 spiro atoms. The van der Waals surface area contributed by atoms with E-state index in [-0.39, 0.29) is 0 Å². The van der Waals surface area contributed by atoms with Crippen LogP contribution in [0.3, 0.4) is 0 Å². The Bertz CT molecular complexity index is 1240. The van der Waals surface area contributed by atoms with E-state index in [2.05, 4.69) is 77.4 Å². The van der Waals surface area contributed by atoms with E-state index in [9.17, 15) is 0 Å². The van der Waals surface area contributed by atoms with Gasteiger partial charge in [-0.3, -0.25) is 0 Å². The number of para-hydroxylation sites is 2. The van der Waals surface area contributed by atoms with Crippen LogP contribution >= 0.6 is 0 Å². The predicted molar refractivity (Wildman–Crippen MR) is 112 cm³/mol. The molecule has 120 valence electrons. The van der Waals surface area contributed by atoms with Crippen molar-refractivity contribution in [1.29, 1.82) is 0 Å². The van der Waals surface area contributed by atoms with Gasteiger partial charge in [-0.05, 0) is 35.4 Å². The van der Waals surface area contributed by atoms with Crippen LogP contribution in [0.4, 0.5) is 0 Å². The molecule has 0 saturated heterocycles. The molecule has 0 saturated carbocycles. The number of rotatable bonds is 2. The molecule has 5 rings (SSSR count). The lowest BCUT2D eigenvalue weighted by Crippen LogP contribution is -2.11. The van der Waals surface area contributed by atoms with Crippen molar-refractivity contribution in [2.45, 2.75) is 0 Å². The Morgan fingerprint density at radius 2 is 1.23 bits per heavy atom. The zero-order valence-corrected chi connectivity index (χ0v) is 14.3. The molecule has 1 nitrogen and oxygen atoms in total. The molecule has 5 aromatic rings. The highest BCUT2D eigenvalue weighted by Crippen LogP contribution is 2.34. The normalized spacial score (nSPS) is 11.2. The van der Waals surface area contributed by atoms with Crippen molar-refractivity contribution in [3.63, 3.8) is 0 Å². The van der Waals surface area contributed by atoms with E-state index < -0.39 is 0 Å². The zero-order chi connectivity index (χ0) is 17.5. The summed E-state index contributed by atoms with van der Waals surface area (Å²) in [6, 6.07) is 33.7. The van der Waals surface area contributed by atoms with Crippen LogP contribution < -0.4 is 5.46 Å². The first-order valence-corrected chi connectivity index (χ1v) is 8.76. The van der Waals surface area contributed by atoms with Crippen LogP contribution in [0.15, 0.2) is 97.1 Å². The number of hydrogen-bond donors (Lipinski definition) is 0. The van der Waals surface area contributed by atoms with Crippen LogP contribution in [-0.2, 0) is 0 Å². The van der Waals surface area contributed by atoms with Gasteiger partial charge in [-0.1, -0.05) is 78.3 Å². The quantitative estimate of drug-likeness (QED) is 0.390. The molecule has 0 atom stereocenters. The second kappa shape index (κ2) is 5.92. The van der Waals surface area contributed by atoms with Crippen LogP contribution in [0.2, 0.25) is 0 Å². The molecule has 1 aromatic heterocycles. The maximum Gasteiger partial charge on any atom is 0.116 e. The molecule has 0 amide bonds. The average Bonchev–Trinajstić information content (AvgIpc) is 3.03. The van der Waals surface area contributed by atoms with Crippen molar-refractivity contribution in [3.8, 4) is 16.8 Å². The van der Waals surface area contributed by atoms with E-state index in [1.807, 2.05) is 24.3 Å². The second-order valence-electron chi connectivity index (χ2n) is 6.51. The highest BCUT2D eigenvalue weighted by atomic mass is 15.0. The third kappa shape index (κ3) is 2.27. The molecular formula is C24H16BN. The van der Waals surface area contributed by atoms with Crippen molar-refractivity contribution < 1.29 is 0 Å². The first-order chi connectivity index (χ1) is 12.8. The van der Waals surface area contributed by atoms with Gasteiger partial charge in [0, 0.05) is 16.5 Å². The fourth-order valence-electron chi connectivity index (χ4n) is 3.73. The van der Waals surface area contributed by atoms with Gasteiger partial charge in [0.1, 0.15) is 7.85 Å². The first-order valence-electron chi connectivity index (χ1n) is 8.76. The lowest BCUT2D eigenvalue weighted by molar-refractivity contribution is 1.19. The summed E-state index contributed by atoms with van der Waals surface area (Å²) in [6.45, 7) is 0. The maximum atomic E-state index is 6.29. The van der Waals surface area contributed by atoms with Gasteiger partial charge in [0.05, 0.1) is 11.0 Å². The summed E-state index contributed by atoms with van der Waals surface area (Å²) in [5.41, 5.74) is 6.59. The van der Waals surface area contributed by atoms with Gasteiger partial charge >= 0.3 is 0 Å². The third-order valence-electron chi connectivity index (χ3n) is 4.96. The van der Waals surface area contributed by atoms with Gasteiger partial charge < -0.3 is 4.57 Å². The highest BCUT2D eigenvalue weighted by molar-refractivity contribution is 6.35. The Labute approximate surface area is 153 Å². The van der Waals surface area contributed by atoms with Gasteiger partial charge in [0.15, 0.2) is 0 Å². The Morgan fingerprint density at radius 3 is 2.08 bits per heavy atom. The molecule has 26 heavy (non-hydrogen) atoms. The van der Waals surface area contributed by atoms with Crippen molar-refractivity contribution in [1.82, 2.24) is 4.57 Å². The molecule has 0 unspecified atom stereocenters. The lowest BCUT2D eigenvalue weighted by atomic mass is 9.94. The maximum absolute atomic E-state index is 6.29. The van der Waals surface area contributed by atoms with Gasteiger partial charge in [-0.15, -0.1) is 0 Å². The monoisotopic (exact) mass is 329 g/mol. The predicted octanol–water partition coefficient (Wildman–Crippen LogP) is 5.24. The number of fused-ring (bicyclic) bond motifs is 3. The van der Waals surface area contributed by atoms with Crippen molar-refractivity contribution in [3.05, 3.63) is 97.1 Å². The zero-order valence-electron chi connectivity index (χ0n) is 14.3. The highest BCUT2D eigenvalue weighted by Gasteiger charge is 2.13. The largest absolute Gasteiger partial charge is 0.310 e. The van der Waals surface area contributed by atoms with E-state index >= 15 is 0 Å². The summed E-state index contributed by atoms with van der Waals surface area (Å²) >= 11 is 0. The third-order valence-corrected chi connectivity index (χ3v) is 4.96. The second-order valence-corrected chi connectivity index (χ2v) is 6.51. The average molecular weight is 329 g/mol. The molecule has 0 aliphatic carbocycles. The van der Waals surface area contributed by atoms with Gasteiger partial charge in [0.2, 0.25) is 0 Å². The van der Waals surface area contributed by atoms with E-state index in [1.165, 1.54) is 32.9 Å². The van der Waals surface area contributed by atoms with Crippen LogP contribution in [0.5, 0.6) is 0 Å². The molecule has 0 N–H and O–H groups in total. The minimum Gasteiger partial charge on any atom is -0.310 e. The minimum atomic E-state index is 0.780. The van der Waals surface area contributed by atoms with Crippen LogP contribution in [0, 0.1) is 0 Å². The topological polar surface area (TPSA) is 4.93 Å². The Morgan fingerprint density at radius 1 is 0.538 bits per heavy atom. The molecule has 4 aromatic carbocycles. The fraction of sp³-hybridized carbons (Fsp3) is 0. The van der Waals surface area contributed by atoms with Crippen molar-refractivity contribution in [2.24, 2.45) is 0 Å². The summed E-state index contributed by atoms with van der Waals surface area (Å²) in [6.07, 6.45) is 0. The van der Waals surface area contributed by atoms with Crippen molar-refractivity contribution >= 4 is 35.1 Å². The molecule has 1 heterocycles. The Hall–Kier alpha value is -3.26. The summed E-state index contributed by atoms with van der Waals surface area (Å²) in [5.74, 6) is 0. The van der Waals surface area contributed by atoms with Gasteiger partial charge in [-0.25, -0.2) is 0 Å². The molecule has 2 radical (unpaired) electrons. The summed E-state index contributed by atoms with van der Waals surface area (Å²) in [4.78, 5) is 0. The standard InChI is InChI=1S/C24H16BN/c25-21-11-5-7-13-24(21)26-22-12-6-4-10-19(22)20-16-18(14-15-23(20)26)17-8-2-1-3-9-17/h1-16H. The fourth-order valence-corrected chi connectivity index (χ4v) is 3.73. The molecule has 0 aliphatic rings. The Kier molecular flexibility index (Phi) is 3.43. The Balaban J connectivity index is 1.87. The van der Waals surface area contributed by atoms with E-state index in [4.69, 9.17) is 7.85 Å². The number of benzene rings is 4. The smallest absolute Gasteiger partial charge is 0.116 e. The van der Waals surface area contributed by atoms with Crippen LogP contribution in [-0.4, -0.2) is 12.4 Å². The van der Waals surface area contributed by atoms with E-state index in [0.29, 0.717) is 0 Å². The van der Waals surface area contributed by atoms with Gasteiger partial charge in [-0.2, -0.15) is 0 Å². The summed E-state index contributed by atoms with van der Waals surface area (Å²) < 4.78 is 2.26. The van der Waals surface area contributed by atoms with Crippen LogP contribution in [0.25, 0.3) is 38.6 Å². The first kappa shape index (κ1) is 15.0. The summed E-state index contributed by atoms with van der Waals surface area (Å²) in [5, 5.41) is 2.48. The molecular weight excluding hydrogens is 313 g/mol. The molecule has 0 bridgehead atoms. The lowest BCUT2D eigenvalue weighted by Gasteiger charge is -2.11. The van der Waals surface area contributed by atoms with Gasteiger partial charge in [0.25, 0.3) is 0 Å². The molecule has 0 aliphatic heterocycles. The van der Waals surface area contributed by atoms with Crippen LogP contribution in [0.1, 0.15) is 0 Å². The van der Waals surface area contributed by atoms with E-state index in [1.54, 1.807) is 0 Å². The summed E-state index contributed by atoms with van der Waals surface area (Å²) in [7, 11) is 6.29. The van der Waals surface area contributed by atoms with E-state index in [0.717, 1.165) is 11.2 Å². The number of aromatic nitrogens is 1. The minimum absolute atomic E-state index is 0.780. The number of nitrogens with zero attached hydrogens (tertiary/aromatic N) is 1. The molecule has 2 heteroatoms.